The first-order chi connectivity index (χ1) is 16.2. The first-order valence-electron chi connectivity index (χ1n) is 10.5. The molecule has 1 saturated heterocycles. The van der Waals surface area contributed by atoms with Crippen LogP contribution in [0.4, 0.5) is 19.0 Å². The minimum atomic E-state index is -0.931. The number of hydrogen-bond acceptors (Lipinski definition) is 5. The number of hydrogen-bond donors (Lipinski definition) is 3. The third-order valence-electron chi connectivity index (χ3n) is 5.72. The molecule has 1 aliphatic rings. The van der Waals surface area contributed by atoms with E-state index in [9.17, 15) is 18.4 Å². The molecule has 0 aliphatic carbocycles. The molecule has 8 nitrogen and oxygen atoms in total. The number of rotatable bonds is 6. The van der Waals surface area contributed by atoms with E-state index in [0.717, 1.165) is 18.2 Å². The molecule has 0 saturated carbocycles. The van der Waals surface area contributed by atoms with E-state index >= 15 is 4.39 Å². The summed E-state index contributed by atoms with van der Waals surface area (Å²) in [5.74, 6) is -3.95. The van der Waals surface area contributed by atoms with Crippen molar-refractivity contribution >= 4 is 17.6 Å². The fourth-order valence-electron chi connectivity index (χ4n) is 3.89. The second-order valence-corrected chi connectivity index (χ2v) is 8.00. The number of anilines is 1. The molecule has 178 valence electrons. The summed E-state index contributed by atoms with van der Waals surface area (Å²) in [6, 6.07) is 5.22. The predicted molar refractivity (Wildman–Crippen MR) is 117 cm³/mol. The van der Waals surface area contributed by atoms with Gasteiger partial charge >= 0.3 is 0 Å². The molecule has 11 heteroatoms. The Morgan fingerprint density at radius 2 is 1.97 bits per heavy atom. The van der Waals surface area contributed by atoms with E-state index in [4.69, 9.17) is 16.2 Å². The zero-order valence-electron chi connectivity index (χ0n) is 18.2. The highest BCUT2D eigenvalue weighted by molar-refractivity contribution is 6.03. The average Bonchev–Trinajstić information content (AvgIpc) is 3.43. The van der Waals surface area contributed by atoms with Crippen molar-refractivity contribution in [3.05, 3.63) is 70.0 Å². The number of amides is 2. The number of nitrogen functional groups attached to an aromatic ring is 1. The SMILES string of the molecule is Cc1ccc(F)cc1C(=O)NCc1cc(F)c(-c2nn(C3CCOC3)c(N)c2C(N)=O)cc1F. The van der Waals surface area contributed by atoms with Crippen molar-refractivity contribution in [2.24, 2.45) is 5.73 Å². The number of benzene rings is 2. The fraction of sp³-hybridized carbons (Fsp3) is 0.261. The first kappa shape index (κ1) is 23.3. The van der Waals surface area contributed by atoms with Gasteiger partial charge in [0.25, 0.3) is 11.8 Å². The van der Waals surface area contributed by atoms with E-state index in [1.165, 1.54) is 16.8 Å². The lowest BCUT2D eigenvalue weighted by Gasteiger charge is -2.11. The van der Waals surface area contributed by atoms with E-state index in [1.807, 2.05) is 0 Å². The second-order valence-electron chi connectivity index (χ2n) is 8.00. The Morgan fingerprint density at radius 1 is 1.21 bits per heavy atom. The van der Waals surface area contributed by atoms with Gasteiger partial charge in [0.05, 0.1) is 12.6 Å². The van der Waals surface area contributed by atoms with Gasteiger partial charge in [0.15, 0.2) is 0 Å². The number of aromatic nitrogens is 2. The smallest absolute Gasteiger partial charge is 0.254 e. The highest BCUT2D eigenvalue weighted by atomic mass is 19.1. The number of nitrogens with zero attached hydrogens (tertiary/aromatic N) is 2. The van der Waals surface area contributed by atoms with Crippen molar-refractivity contribution in [2.45, 2.75) is 25.9 Å². The predicted octanol–water partition coefficient (Wildman–Crippen LogP) is 2.85. The molecule has 4 rings (SSSR count). The molecule has 1 fully saturated rings. The maximum absolute atomic E-state index is 15.0. The molecule has 0 bridgehead atoms. The van der Waals surface area contributed by atoms with Gasteiger partial charge in [-0.25, -0.2) is 17.9 Å². The minimum Gasteiger partial charge on any atom is -0.383 e. The van der Waals surface area contributed by atoms with Gasteiger partial charge in [0.1, 0.15) is 34.5 Å². The molecule has 0 spiro atoms. The van der Waals surface area contributed by atoms with Gasteiger partial charge in [-0.15, -0.1) is 0 Å². The lowest BCUT2D eigenvalue weighted by Crippen LogP contribution is -2.24. The van der Waals surface area contributed by atoms with Gasteiger partial charge in [-0.05, 0) is 43.2 Å². The summed E-state index contributed by atoms with van der Waals surface area (Å²) >= 11 is 0. The van der Waals surface area contributed by atoms with Crippen LogP contribution in [0.2, 0.25) is 0 Å². The Kier molecular flexibility index (Phi) is 6.29. The molecule has 3 aromatic rings. The average molecular weight is 473 g/mol. The number of ether oxygens (including phenoxy) is 1. The van der Waals surface area contributed by atoms with Crippen LogP contribution in [0.25, 0.3) is 11.3 Å². The monoisotopic (exact) mass is 473 g/mol. The number of halogens is 3. The van der Waals surface area contributed by atoms with Gasteiger partial charge in [0.2, 0.25) is 0 Å². The zero-order chi connectivity index (χ0) is 24.6. The van der Waals surface area contributed by atoms with Gasteiger partial charge in [-0.2, -0.15) is 5.10 Å². The second kappa shape index (κ2) is 9.18. The van der Waals surface area contributed by atoms with Crippen molar-refractivity contribution in [3.63, 3.8) is 0 Å². The van der Waals surface area contributed by atoms with Gasteiger partial charge in [-0.3, -0.25) is 9.59 Å². The van der Waals surface area contributed by atoms with Crippen LogP contribution in [0.1, 0.15) is 44.3 Å². The molecule has 2 aromatic carbocycles. The summed E-state index contributed by atoms with van der Waals surface area (Å²) in [6.45, 7) is 2.06. The summed E-state index contributed by atoms with van der Waals surface area (Å²) in [5, 5.41) is 6.70. The van der Waals surface area contributed by atoms with Crippen molar-refractivity contribution < 1.29 is 27.5 Å². The van der Waals surface area contributed by atoms with Gasteiger partial charge < -0.3 is 21.5 Å². The lowest BCUT2D eigenvalue weighted by atomic mass is 10.0. The molecule has 2 amide bonds. The molecule has 5 N–H and O–H groups in total. The lowest BCUT2D eigenvalue weighted by molar-refractivity contribution is 0.0948. The molecule has 2 heterocycles. The Bertz CT molecular complexity index is 1290. The number of nitrogens with one attached hydrogen (secondary N) is 1. The Morgan fingerprint density at radius 3 is 2.65 bits per heavy atom. The zero-order valence-corrected chi connectivity index (χ0v) is 18.2. The molecule has 1 atom stereocenters. The molecular weight excluding hydrogens is 451 g/mol. The van der Waals surface area contributed by atoms with Crippen molar-refractivity contribution in [1.82, 2.24) is 15.1 Å². The molecule has 1 aromatic heterocycles. The molecule has 34 heavy (non-hydrogen) atoms. The number of aryl methyl sites for hydroxylation is 1. The Hall–Kier alpha value is -3.86. The standard InChI is InChI=1S/C23H22F3N5O3/c1-11-2-3-13(24)7-15(11)23(33)29-9-12-6-18(26)16(8-17(12)25)20-19(22(28)32)21(27)31(30-20)14-4-5-34-10-14/h2-3,6-8,14H,4-5,9-10,27H2,1H3,(H2,28,32)(H,29,33). The van der Waals surface area contributed by atoms with Crippen LogP contribution in [0.5, 0.6) is 0 Å². The quantitative estimate of drug-likeness (QED) is 0.508. The number of nitrogens with two attached hydrogens (primary N) is 2. The maximum Gasteiger partial charge on any atom is 0.254 e. The molecular formula is C23H22F3N5O3. The highest BCUT2D eigenvalue weighted by Gasteiger charge is 2.29. The van der Waals surface area contributed by atoms with Crippen LogP contribution in [-0.2, 0) is 11.3 Å². The van der Waals surface area contributed by atoms with Crippen LogP contribution in [0, 0.1) is 24.4 Å². The van der Waals surface area contributed by atoms with E-state index in [0.29, 0.717) is 25.2 Å². The summed E-state index contributed by atoms with van der Waals surface area (Å²) in [4.78, 5) is 24.4. The van der Waals surface area contributed by atoms with Crippen LogP contribution in [0.15, 0.2) is 30.3 Å². The van der Waals surface area contributed by atoms with Crippen molar-refractivity contribution in [1.29, 1.82) is 0 Å². The van der Waals surface area contributed by atoms with Crippen molar-refractivity contribution in [2.75, 3.05) is 18.9 Å². The topological polar surface area (TPSA) is 125 Å². The Balaban J connectivity index is 1.63. The van der Waals surface area contributed by atoms with Gasteiger partial charge in [0, 0.05) is 29.8 Å². The van der Waals surface area contributed by atoms with E-state index in [2.05, 4.69) is 10.4 Å². The van der Waals surface area contributed by atoms with Crippen LogP contribution >= 0.6 is 0 Å². The summed E-state index contributed by atoms with van der Waals surface area (Å²) in [7, 11) is 0. The fourth-order valence-corrected chi connectivity index (χ4v) is 3.89. The third kappa shape index (κ3) is 4.34. The largest absolute Gasteiger partial charge is 0.383 e. The molecule has 1 unspecified atom stereocenters. The number of carbonyl (C=O) groups is 2. The number of carbonyl (C=O) groups excluding carboxylic acids is 2. The maximum atomic E-state index is 15.0. The first-order valence-corrected chi connectivity index (χ1v) is 10.5. The van der Waals surface area contributed by atoms with Crippen LogP contribution < -0.4 is 16.8 Å². The summed E-state index contributed by atoms with van der Waals surface area (Å²) in [6.07, 6.45) is 0.587. The van der Waals surface area contributed by atoms with E-state index in [1.54, 1.807) is 6.92 Å². The third-order valence-corrected chi connectivity index (χ3v) is 5.72. The van der Waals surface area contributed by atoms with E-state index in [-0.39, 0.29) is 46.4 Å². The summed E-state index contributed by atoms with van der Waals surface area (Å²) < 4.78 is 50.0. The molecule has 1 aliphatic heterocycles. The normalized spacial score (nSPS) is 15.5. The highest BCUT2D eigenvalue weighted by Crippen LogP contribution is 2.33. The van der Waals surface area contributed by atoms with E-state index < -0.39 is 29.3 Å². The summed E-state index contributed by atoms with van der Waals surface area (Å²) in [5.41, 5.74) is 11.3. The minimum absolute atomic E-state index is 0.0559. The van der Waals surface area contributed by atoms with Crippen LogP contribution in [-0.4, -0.2) is 34.8 Å². The van der Waals surface area contributed by atoms with Gasteiger partial charge in [-0.1, -0.05) is 6.07 Å². The van der Waals surface area contributed by atoms with Crippen LogP contribution in [0.3, 0.4) is 0 Å². The Labute approximate surface area is 192 Å². The molecule has 0 radical (unpaired) electrons. The number of primary amides is 1. The van der Waals surface area contributed by atoms with Crippen molar-refractivity contribution in [3.8, 4) is 11.3 Å².